The number of hydrogen-bond acceptors (Lipinski definition) is 10. The number of esters is 2. The Morgan fingerprint density at radius 2 is 1.86 bits per heavy atom. The van der Waals surface area contributed by atoms with Crippen molar-refractivity contribution in [1.29, 1.82) is 0 Å². The van der Waals surface area contributed by atoms with Crippen LogP contribution < -0.4 is 19.5 Å². The van der Waals surface area contributed by atoms with Crippen LogP contribution in [0.3, 0.4) is 0 Å². The second-order valence-corrected chi connectivity index (χ2v) is 10.6. The van der Waals surface area contributed by atoms with Crippen LogP contribution in [-0.4, -0.2) is 68.2 Å². The molecule has 1 N–H and O–H groups in total. The molecule has 228 valence electrons. The predicted octanol–water partition coefficient (Wildman–Crippen LogP) is 4.08. The molecule has 2 aliphatic rings. The molecule has 0 unspecified atom stereocenters. The smallest absolute Gasteiger partial charge is 0.329 e. The topological polar surface area (TPSA) is 132 Å². The van der Waals surface area contributed by atoms with Crippen LogP contribution in [0.5, 0.6) is 17.2 Å². The van der Waals surface area contributed by atoms with Gasteiger partial charge in [-0.15, -0.1) is 0 Å². The third-order valence-corrected chi connectivity index (χ3v) is 7.38. The van der Waals surface area contributed by atoms with Crippen molar-refractivity contribution in [2.24, 2.45) is 11.8 Å². The molecule has 1 aliphatic carbocycles. The number of carbonyl (C=O) groups is 3. The number of amides is 1. The molecule has 0 bridgehead atoms. The summed E-state index contributed by atoms with van der Waals surface area (Å²) in [6.45, 7) is 3.80. The average molecular weight is 585 g/mol. The highest BCUT2D eigenvalue weighted by molar-refractivity contribution is 5.98. The zero-order valence-corrected chi connectivity index (χ0v) is 24.4. The highest BCUT2D eigenvalue weighted by atomic mass is 16.7. The third kappa shape index (κ3) is 9.07. The van der Waals surface area contributed by atoms with Gasteiger partial charge in [-0.3, -0.25) is 9.59 Å². The number of pyridine rings is 1. The molecule has 1 saturated carbocycles. The number of nitrogens with zero attached hydrogens (tertiary/aromatic N) is 1. The minimum atomic E-state index is -0.905. The molecule has 4 rings (SSSR count). The number of para-hydroxylation sites is 1. The Kier molecular flexibility index (Phi) is 11.4. The minimum Gasteiger partial charge on any atom is -0.494 e. The van der Waals surface area contributed by atoms with Gasteiger partial charge in [0.2, 0.25) is 6.79 Å². The van der Waals surface area contributed by atoms with E-state index in [1.807, 2.05) is 37.3 Å². The van der Waals surface area contributed by atoms with Crippen molar-refractivity contribution < 1.29 is 42.8 Å². The molecule has 1 amide bonds. The Balaban J connectivity index is 1.44. The Morgan fingerprint density at radius 3 is 2.57 bits per heavy atom. The molecule has 0 radical (unpaired) electrons. The van der Waals surface area contributed by atoms with E-state index in [1.54, 1.807) is 0 Å². The van der Waals surface area contributed by atoms with E-state index < -0.39 is 36.8 Å². The molecule has 0 spiro atoms. The normalized spacial score (nSPS) is 22.5. The van der Waals surface area contributed by atoms with E-state index in [2.05, 4.69) is 10.3 Å². The molecule has 2 fully saturated rings. The van der Waals surface area contributed by atoms with Gasteiger partial charge < -0.3 is 33.7 Å². The van der Waals surface area contributed by atoms with E-state index in [0.29, 0.717) is 32.0 Å². The van der Waals surface area contributed by atoms with Crippen molar-refractivity contribution >= 4 is 17.8 Å². The zero-order valence-electron chi connectivity index (χ0n) is 24.4. The first-order valence-electron chi connectivity index (χ1n) is 14.5. The highest BCUT2D eigenvalue weighted by Gasteiger charge is 2.36. The molecule has 1 aromatic carbocycles. The number of carbonyl (C=O) groups excluding carboxylic acids is 3. The number of ether oxygens (including phenoxy) is 6. The summed E-state index contributed by atoms with van der Waals surface area (Å²) in [6, 6.07) is 10.3. The fraction of sp³-hybridized carbons (Fsp3) is 0.548. The molecule has 2 heterocycles. The van der Waals surface area contributed by atoms with E-state index in [4.69, 9.17) is 28.4 Å². The lowest BCUT2D eigenvalue weighted by Gasteiger charge is -2.31. The van der Waals surface area contributed by atoms with Crippen molar-refractivity contribution in [1.82, 2.24) is 10.3 Å². The van der Waals surface area contributed by atoms with Crippen molar-refractivity contribution in [3.8, 4) is 17.2 Å². The lowest BCUT2D eigenvalue weighted by Crippen LogP contribution is -2.44. The maximum absolute atomic E-state index is 13.3. The van der Waals surface area contributed by atoms with Crippen LogP contribution >= 0.6 is 0 Å². The van der Waals surface area contributed by atoms with Gasteiger partial charge in [0, 0.05) is 25.8 Å². The molecule has 4 atom stereocenters. The van der Waals surface area contributed by atoms with Gasteiger partial charge in [-0.25, -0.2) is 9.78 Å². The summed E-state index contributed by atoms with van der Waals surface area (Å²) in [7, 11) is 1.41. The quantitative estimate of drug-likeness (QED) is 0.271. The first kappa shape index (κ1) is 31.1. The van der Waals surface area contributed by atoms with Gasteiger partial charge in [-0.1, -0.05) is 24.6 Å². The maximum Gasteiger partial charge on any atom is 0.329 e. The number of aromatic nitrogens is 1. The second kappa shape index (κ2) is 15.4. The van der Waals surface area contributed by atoms with Gasteiger partial charge in [-0.05, 0) is 63.0 Å². The van der Waals surface area contributed by atoms with Gasteiger partial charge in [0.1, 0.15) is 17.9 Å². The summed E-state index contributed by atoms with van der Waals surface area (Å²) in [5, 5.41) is 2.76. The van der Waals surface area contributed by atoms with Gasteiger partial charge >= 0.3 is 11.9 Å². The summed E-state index contributed by atoms with van der Waals surface area (Å²) in [6.07, 6.45) is 5.43. The number of nitrogens with one attached hydrogen (secondary N) is 1. The Hall–Kier alpha value is -3.86. The van der Waals surface area contributed by atoms with Crippen LogP contribution in [0.2, 0.25) is 0 Å². The Bertz CT molecular complexity index is 1190. The van der Waals surface area contributed by atoms with Crippen LogP contribution in [0.15, 0.2) is 42.6 Å². The van der Waals surface area contributed by atoms with Crippen molar-refractivity contribution in [2.45, 2.75) is 70.6 Å². The number of cyclic esters (lactones) is 1. The monoisotopic (exact) mass is 584 g/mol. The third-order valence-electron chi connectivity index (χ3n) is 7.38. The zero-order chi connectivity index (χ0) is 29.9. The maximum atomic E-state index is 13.3. The summed E-state index contributed by atoms with van der Waals surface area (Å²) in [5.74, 6) is -0.0410. The Morgan fingerprint density at radius 1 is 1.07 bits per heavy atom. The molecule has 1 aromatic heterocycles. The summed E-state index contributed by atoms with van der Waals surface area (Å²) >= 11 is 0. The first-order valence-corrected chi connectivity index (χ1v) is 14.5. The standard InChI is InChI=1S/C31H40N2O9/c1-20-28(39-18-22-12-13-22)23(15-17-38-24-9-5-4-6-10-24)8-7-11-25(31(36)42-20)33-30(35)27-29(41-19-40-21(2)34)26(37-3)14-16-32-27/h4-6,9-10,14,16,20,22-23,25,28H,7-8,11-13,15,17-19H2,1-3H3,(H,33,35)/t20-,23+,25-,28-/m0/s1. The van der Waals surface area contributed by atoms with Crippen LogP contribution in [0.25, 0.3) is 0 Å². The van der Waals surface area contributed by atoms with E-state index in [9.17, 15) is 14.4 Å². The SMILES string of the molecule is COc1ccnc(C(=O)N[C@H]2CCC[C@H](CCOc3ccccc3)[C@@H](OCC3CC3)[C@H](C)OC2=O)c1OCOC(C)=O. The molecular weight excluding hydrogens is 544 g/mol. The molecule has 11 nitrogen and oxygen atoms in total. The van der Waals surface area contributed by atoms with Gasteiger partial charge in [0.15, 0.2) is 17.2 Å². The molecule has 1 saturated heterocycles. The second-order valence-electron chi connectivity index (χ2n) is 10.6. The van der Waals surface area contributed by atoms with Crippen molar-refractivity contribution in [3.63, 3.8) is 0 Å². The number of methoxy groups -OCH3 is 1. The number of rotatable bonds is 13. The molecule has 42 heavy (non-hydrogen) atoms. The van der Waals surface area contributed by atoms with Gasteiger partial charge in [0.25, 0.3) is 5.91 Å². The lowest BCUT2D eigenvalue weighted by molar-refractivity contribution is -0.161. The van der Waals surface area contributed by atoms with E-state index in [0.717, 1.165) is 31.4 Å². The lowest BCUT2D eigenvalue weighted by atomic mass is 9.89. The molecule has 2 aromatic rings. The van der Waals surface area contributed by atoms with Crippen LogP contribution in [0, 0.1) is 11.8 Å². The average Bonchev–Trinajstić information content (AvgIpc) is 3.80. The van der Waals surface area contributed by atoms with Crippen LogP contribution in [0.1, 0.15) is 62.9 Å². The van der Waals surface area contributed by atoms with Crippen LogP contribution in [-0.2, 0) is 23.8 Å². The molecule has 1 aliphatic heterocycles. The summed E-state index contributed by atoms with van der Waals surface area (Å²) < 4.78 is 33.9. The van der Waals surface area contributed by atoms with Gasteiger partial charge in [-0.2, -0.15) is 0 Å². The fourth-order valence-electron chi connectivity index (χ4n) is 4.96. The largest absolute Gasteiger partial charge is 0.494 e. The van der Waals surface area contributed by atoms with E-state index in [-0.39, 0.29) is 29.2 Å². The number of hydrogen-bond donors (Lipinski definition) is 1. The van der Waals surface area contributed by atoms with Gasteiger partial charge in [0.05, 0.1) is 19.8 Å². The molecular formula is C31H40N2O9. The minimum absolute atomic E-state index is 0.00410. The first-order chi connectivity index (χ1) is 20.4. The summed E-state index contributed by atoms with van der Waals surface area (Å²) in [4.78, 5) is 41.9. The fourth-order valence-corrected chi connectivity index (χ4v) is 4.96. The predicted molar refractivity (Wildman–Crippen MR) is 151 cm³/mol. The van der Waals surface area contributed by atoms with Crippen LogP contribution in [0.4, 0.5) is 0 Å². The molecule has 11 heteroatoms. The van der Waals surface area contributed by atoms with Crippen molar-refractivity contribution in [2.75, 3.05) is 27.1 Å². The van der Waals surface area contributed by atoms with E-state index in [1.165, 1.54) is 26.3 Å². The van der Waals surface area contributed by atoms with E-state index >= 15 is 0 Å². The van der Waals surface area contributed by atoms with Crippen molar-refractivity contribution in [3.05, 3.63) is 48.3 Å². The number of benzene rings is 1. The highest BCUT2D eigenvalue weighted by Crippen LogP contribution is 2.33. The Labute approximate surface area is 246 Å². The summed E-state index contributed by atoms with van der Waals surface area (Å²) in [5.41, 5.74) is -0.108.